The van der Waals surface area contributed by atoms with Gasteiger partial charge >= 0.3 is 0 Å². The van der Waals surface area contributed by atoms with E-state index in [0.29, 0.717) is 17.9 Å². The molecule has 1 saturated heterocycles. The maximum Gasteiger partial charge on any atom is 0.272 e. The number of aryl methyl sites for hydroxylation is 1. The molecular weight excluding hydrogens is 338 g/mol. The number of likely N-dealkylation sites (tertiary alicyclic amines) is 1. The Morgan fingerprint density at radius 2 is 1.59 bits per heavy atom. The molecule has 3 rings (SSSR count). The van der Waals surface area contributed by atoms with Gasteiger partial charge in [0.05, 0.1) is 0 Å². The van der Waals surface area contributed by atoms with Crippen LogP contribution < -0.4 is 5.32 Å². The van der Waals surface area contributed by atoms with Crippen molar-refractivity contribution in [1.29, 1.82) is 0 Å². The normalized spacial score (nSPS) is 14.4. The first-order valence-corrected chi connectivity index (χ1v) is 9.82. The van der Waals surface area contributed by atoms with E-state index in [1.54, 1.807) is 18.2 Å². The Kier molecular flexibility index (Phi) is 6.97. The van der Waals surface area contributed by atoms with E-state index < -0.39 is 0 Å². The van der Waals surface area contributed by atoms with E-state index in [9.17, 15) is 9.59 Å². The van der Waals surface area contributed by atoms with Crippen molar-refractivity contribution >= 4 is 11.8 Å². The summed E-state index contributed by atoms with van der Waals surface area (Å²) in [5.41, 5.74) is 1.92. The lowest BCUT2D eigenvalue weighted by atomic mass is 10.1. The van der Waals surface area contributed by atoms with Gasteiger partial charge in [-0.15, -0.1) is 0 Å². The largest absolute Gasteiger partial charge is 0.351 e. The van der Waals surface area contributed by atoms with Gasteiger partial charge in [-0.1, -0.05) is 49.2 Å². The Bertz CT molecular complexity index is 753. The minimum Gasteiger partial charge on any atom is -0.351 e. The van der Waals surface area contributed by atoms with Gasteiger partial charge < -0.3 is 10.2 Å². The maximum absolute atomic E-state index is 12.7. The molecule has 5 heteroatoms. The van der Waals surface area contributed by atoms with Crippen molar-refractivity contribution in [3.8, 4) is 0 Å². The molecular formula is C22H27N3O2. The van der Waals surface area contributed by atoms with Crippen LogP contribution in [-0.4, -0.2) is 41.3 Å². The topological polar surface area (TPSA) is 62.3 Å². The second-order valence-corrected chi connectivity index (χ2v) is 6.96. The lowest BCUT2D eigenvalue weighted by Gasteiger charge is -2.19. The predicted molar refractivity (Wildman–Crippen MR) is 106 cm³/mol. The summed E-state index contributed by atoms with van der Waals surface area (Å²) in [6, 6.07) is 15.3. The number of carbonyl (C=O) groups is 2. The van der Waals surface area contributed by atoms with Crippen LogP contribution in [0.25, 0.3) is 0 Å². The SMILES string of the molecule is O=C(NCCCc1ccccc1)c1cccc(C(=O)N2CCCCCC2)n1. The van der Waals surface area contributed by atoms with E-state index in [-0.39, 0.29) is 11.8 Å². The molecule has 1 N–H and O–H groups in total. The summed E-state index contributed by atoms with van der Waals surface area (Å²) in [4.78, 5) is 31.2. The van der Waals surface area contributed by atoms with Crippen molar-refractivity contribution in [2.45, 2.75) is 38.5 Å². The first-order chi connectivity index (χ1) is 13.2. The van der Waals surface area contributed by atoms with Crippen LogP contribution in [0.4, 0.5) is 0 Å². The molecule has 0 aliphatic carbocycles. The van der Waals surface area contributed by atoms with E-state index in [1.807, 2.05) is 23.1 Å². The third-order valence-corrected chi connectivity index (χ3v) is 4.86. The second-order valence-electron chi connectivity index (χ2n) is 6.96. The number of carbonyl (C=O) groups excluding carboxylic acids is 2. The third kappa shape index (κ3) is 5.64. The summed E-state index contributed by atoms with van der Waals surface area (Å²) in [5.74, 6) is -0.302. The summed E-state index contributed by atoms with van der Waals surface area (Å²) < 4.78 is 0. The molecule has 0 unspecified atom stereocenters. The van der Waals surface area contributed by atoms with Crippen LogP contribution in [0.15, 0.2) is 48.5 Å². The highest BCUT2D eigenvalue weighted by molar-refractivity contribution is 5.96. The molecule has 5 nitrogen and oxygen atoms in total. The van der Waals surface area contributed by atoms with Gasteiger partial charge in [0.15, 0.2) is 0 Å². The summed E-state index contributed by atoms with van der Waals surface area (Å²) in [5, 5.41) is 2.90. The maximum atomic E-state index is 12.7. The molecule has 0 saturated carbocycles. The molecule has 1 aromatic heterocycles. The van der Waals surface area contributed by atoms with Crippen LogP contribution in [-0.2, 0) is 6.42 Å². The molecule has 1 fully saturated rings. The fourth-order valence-electron chi connectivity index (χ4n) is 3.35. The highest BCUT2D eigenvalue weighted by Gasteiger charge is 2.19. The standard InChI is InChI=1S/C22H27N3O2/c26-21(23-15-9-12-18-10-4-3-5-11-18)19-13-8-14-20(24-19)22(27)25-16-6-1-2-7-17-25/h3-5,8,10-11,13-14H,1-2,6-7,9,12,15-17H2,(H,23,26). The first kappa shape index (κ1) is 19.1. The number of nitrogens with one attached hydrogen (secondary N) is 1. The summed E-state index contributed by atoms with van der Waals surface area (Å²) in [6.45, 7) is 2.13. The molecule has 2 heterocycles. The molecule has 2 aromatic rings. The Balaban J connectivity index is 1.52. The number of benzene rings is 1. The van der Waals surface area contributed by atoms with Crippen LogP contribution in [0, 0.1) is 0 Å². The van der Waals surface area contributed by atoms with Crippen molar-refractivity contribution < 1.29 is 9.59 Å². The zero-order valence-corrected chi connectivity index (χ0v) is 15.7. The zero-order valence-electron chi connectivity index (χ0n) is 15.7. The van der Waals surface area contributed by atoms with Gasteiger partial charge in [0.25, 0.3) is 11.8 Å². The molecule has 0 spiro atoms. The monoisotopic (exact) mass is 365 g/mol. The predicted octanol–water partition coefficient (Wildman–Crippen LogP) is 3.46. The van der Waals surface area contributed by atoms with E-state index in [2.05, 4.69) is 22.4 Å². The molecule has 1 aliphatic rings. The zero-order chi connectivity index (χ0) is 18.9. The van der Waals surface area contributed by atoms with Gasteiger partial charge in [-0.3, -0.25) is 9.59 Å². The van der Waals surface area contributed by atoms with E-state index in [4.69, 9.17) is 0 Å². The van der Waals surface area contributed by atoms with Crippen molar-refractivity contribution in [1.82, 2.24) is 15.2 Å². The average Bonchev–Trinajstić information content (AvgIpc) is 3.01. The smallest absolute Gasteiger partial charge is 0.272 e. The van der Waals surface area contributed by atoms with Gasteiger partial charge in [-0.05, 0) is 43.4 Å². The lowest BCUT2D eigenvalue weighted by molar-refractivity contribution is 0.0755. The Hall–Kier alpha value is -2.69. The third-order valence-electron chi connectivity index (χ3n) is 4.86. The number of amides is 2. The van der Waals surface area contributed by atoms with Gasteiger partial charge in [-0.25, -0.2) is 4.98 Å². The van der Waals surface area contributed by atoms with Gasteiger partial charge in [0.2, 0.25) is 0 Å². The summed E-state index contributed by atoms with van der Waals surface area (Å²) >= 11 is 0. The number of aromatic nitrogens is 1. The molecule has 1 aliphatic heterocycles. The van der Waals surface area contributed by atoms with Crippen molar-refractivity contribution in [3.63, 3.8) is 0 Å². The lowest BCUT2D eigenvalue weighted by Crippen LogP contribution is -2.33. The van der Waals surface area contributed by atoms with Gasteiger partial charge in [0.1, 0.15) is 11.4 Å². The second kappa shape index (κ2) is 9.86. The minimum absolute atomic E-state index is 0.0735. The van der Waals surface area contributed by atoms with Crippen molar-refractivity contribution in [2.75, 3.05) is 19.6 Å². The molecule has 27 heavy (non-hydrogen) atoms. The van der Waals surface area contributed by atoms with Crippen LogP contribution in [0.3, 0.4) is 0 Å². The van der Waals surface area contributed by atoms with Crippen molar-refractivity contribution in [2.24, 2.45) is 0 Å². The van der Waals surface area contributed by atoms with Crippen molar-refractivity contribution in [3.05, 3.63) is 65.5 Å². The Morgan fingerprint density at radius 1 is 0.889 bits per heavy atom. The number of hydrogen-bond acceptors (Lipinski definition) is 3. The van der Waals surface area contributed by atoms with E-state index in [1.165, 1.54) is 18.4 Å². The summed E-state index contributed by atoms with van der Waals surface area (Å²) in [7, 11) is 0. The first-order valence-electron chi connectivity index (χ1n) is 9.82. The average molecular weight is 365 g/mol. The molecule has 0 bridgehead atoms. The minimum atomic E-state index is -0.228. The molecule has 0 atom stereocenters. The highest BCUT2D eigenvalue weighted by Crippen LogP contribution is 2.13. The quantitative estimate of drug-likeness (QED) is 0.798. The van der Waals surface area contributed by atoms with Crippen LogP contribution in [0.5, 0.6) is 0 Å². The Labute approximate surface area is 160 Å². The Morgan fingerprint density at radius 3 is 2.33 bits per heavy atom. The van der Waals surface area contributed by atoms with E-state index in [0.717, 1.165) is 38.8 Å². The number of hydrogen-bond donors (Lipinski definition) is 1. The van der Waals surface area contributed by atoms with Crippen LogP contribution in [0.2, 0.25) is 0 Å². The number of rotatable bonds is 6. The number of pyridine rings is 1. The van der Waals surface area contributed by atoms with Gasteiger partial charge in [0, 0.05) is 19.6 Å². The molecule has 0 radical (unpaired) electrons. The summed E-state index contributed by atoms with van der Waals surface area (Å²) in [6.07, 6.45) is 6.19. The van der Waals surface area contributed by atoms with Crippen LogP contribution >= 0.6 is 0 Å². The fraction of sp³-hybridized carbons (Fsp3) is 0.409. The molecule has 1 aromatic carbocycles. The fourth-order valence-corrected chi connectivity index (χ4v) is 3.35. The van der Waals surface area contributed by atoms with Crippen LogP contribution in [0.1, 0.15) is 58.6 Å². The highest BCUT2D eigenvalue weighted by atomic mass is 16.2. The van der Waals surface area contributed by atoms with E-state index >= 15 is 0 Å². The molecule has 142 valence electrons. The van der Waals surface area contributed by atoms with Gasteiger partial charge in [-0.2, -0.15) is 0 Å². The molecule has 2 amide bonds. The number of nitrogens with zero attached hydrogens (tertiary/aromatic N) is 2.